The molecule has 0 aliphatic carbocycles. The largest absolute Gasteiger partial charge is 0.494 e. The van der Waals surface area contributed by atoms with Crippen LogP contribution in [0.4, 0.5) is 5.69 Å². The van der Waals surface area contributed by atoms with Crippen LogP contribution in [0.2, 0.25) is 0 Å². The number of carbonyl (C=O) groups is 2. The normalized spacial score (nSPS) is 9.67. The highest BCUT2D eigenvalue weighted by Gasteiger charge is 2.12. The first-order valence-corrected chi connectivity index (χ1v) is 5.69. The van der Waals surface area contributed by atoms with Crippen LogP contribution in [0.3, 0.4) is 0 Å². The SMILES string of the molecule is CCOc1cccc(NC(=O)C(=O)NCCN)c1. The summed E-state index contributed by atoms with van der Waals surface area (Å²) in [5.41, 5.74) is 5.73. The summed E-state index contributed by atoms with van der Waals surface area (Å²) < 4.78 is 5.29. The van der Waals surface area contributed by atoms with Gasteiger partial charge in [-0.2, -0.15) is 0 Å². The van der Waals surface area contributed by atoms with E-state index >= 15 is 0 Å². The van der Waals surface area contributed by atoms with Gasteiger partial charge in [-0.05, 0) is 19.1 Å². The monoisotopic (exact) mass is 251 g/mol. The highest BCUT2D eigenvalue weighted by Crippen LogP contribution is 2.16. The molecule has 0 aromatic heterocycles. The van der Waals surface area contributed by atoms with Crippen LogP contribution in [-0.2, 0) is 9.59 Å². The van der Waals surface area contributed by atoms with Crippen LogP contribution in [0.15, 0.2) is 24.3 Å². The Labute approximate surface area is 105 Å². The smallest absolute Gasteiger partial charge is 0.313 e. The van der Waals surface area contributed by atoms with E-state index in [9.17, 15) is 9.59 Å². The Bertz CT molecular complexity index is 421. The molecule has 0 saturated carbocycles. The molecule has 0 aliphatic rings. The molecule has 1 aromatic rings. The van der Waals surface area contributed by atoms with Crippen LogP contribution in [-0.4, -0.2) is 31.5 Å². The molecule has 4 N–H and O–H groups in total. The summed E-state index contributed by atoms with van der Waals surface area (Å²) >= 11 is 0. The standard InChI is InChI=1S/C12H17N3O3/c1-2-18-10-5-3-4-9(8-10)15-12(17)11(16)14-7-6-13/h3-5,8H,2,6-7,13H2,1H3,(H,14,16)(H,15,17). The summed E-state index contributed by atoms with van der Waals surface area (Å²) in [5.74, 6) is -0.794. The van der Waals surface area contributed by atoms with Crippen molar-refractivity contribution < 1.29 is 14.3 Å². The van der Waals surface area contributed by atoms with Crippen LogP contribution in [0.25, 0.3) is 0 Å². The molecule has 0 unspecified atom stereocenters. The highest BCUT2D eigenvalue weighted by molar-refractivity contribution is 6.39. The number of carbonyl (C=O) groups excluding carboxylic acids is 2. The van der Waals surface area contributed by atoms with Crippen molar-refractivity contribution in [2.75, 3.05) is 25.0 Å². The number of amides is 2. The molecule has 1 aromatic carbocycles. The van der Waals surface area contributed by atoms with Crippen LogP contribution in [0, 0.1) is 0 Å². The Hall–Kier alpha value is -2.08. The molecule has 0 saturated heterocycles. The fraction of sp³-hybridized carbons (Fsp3) is 0.333. The van der Waals surface area contributed by atoms with Gasteiger partial charge >= 0.3 is 11.8 Å². The Morgan fingerprint density at radius 1 is 1.33 bits per heavy atom. The van der Waals surface area contributed by atoms with Gasteiger partial charge in [-0.1, -0.05) is 6.07 Å². The second kappa shape index (κ2) is 7.29. The summed E-state index contributed by atoms with van der Waals surface area (Å²) in [5, 5.41) is 4.86. The third kappa shape index (κ3) is 4.42. The molecule has 0 aliphatic heterocycles. The molecule has 18 heavy (non-hydrogen) atoms. The van der Waals surface area contributed by atoms with Crippen molar-refractivity contribution >= 4 is 17.5 Å². The first-order chi connectivity index (χ1) is 8.67. The Morgan fingerprint density at radius 3 is 2.78 bits per heavy atom. The van der Waals surface area contributed by atoms with E-state index < -0.39 is 11.8 Å². The summed E-state index contributed by atoms with van der Waals surface area (Å²) in [6.45, 7) is 2.96. The lowest BCUT2D eigenvalue weighted by Gasteiger charge is -2.07. The lowest BCUT2D eigenvalue weighted by molar-refractivity contribution is -0.136. The zero-order chi connectivity index (χ0) is 13.4. The van der Waals surface area contributed by atoms with Crippen molar-refractivity contribution in [1.29, 1.82) is 0 Å². The van der Waals surface area contributed by atoms with Gasteiger partial charge in [0.25, 0.3) is 0 Å². The van der Waals surface area contributed by atoms with Gasteiger partial charge < -0.3 is 21.1 Å². The molecular formula is C12H17N3O3. The van der Waals surface area contributed by atoms with E-state index in [1.165, 1.54) is 0 Å². The maximum Gasteiger partial charge on any atom is 0.313 e. The molecule has 98 valence electrons. The molecule has 0 radical (unpaired) electrons. The maximum absolute atomic E-state index is 11.5. The number of hydrogen-bond donors (Lipinski definition) is 3. The van der Waals surface area contributed by atoms with E-state index in [0.717, 1.165) is 0 Å². The van der Waals surface area contributed by atoms with E-state index in [0.29, 0.717) is 24.6 Å². The van der Waals surface area contributed by atoms with Crippen LogP contribution in [0.5, 0.6) is 5.75 Å². The Balaban J connectivity index is 2.58. The summed E-state index contributed by atoms with van der Waals surface area (Å²) in [6.07, 6.45) is 0. The molecule has 0 spiro atoms. The molecule has 0 heterocycles. The molecule has 6 heteroatoms. The predicted octanol–water partition coefficient (Wildman–Crippen LogP) is 0.0987. The fourth-order valence-electron chi connectivity index (χ4n) is 1.28. The predicted molar refractivity (Wildman–Crippen MR) is 68.3 cm³/mol. The number of anilines is 1. The van der Waals surface area contributed by atoms with Crippen molar-refractivity contribution in [3.63, 3.8) is 0 Å². The van der Waals surface area contributed by atoms with Crippen molar-refractivity contribution in [2.45, 2.75) is 6.92 Å². The second-order valence-electron chi connectivity index (χ2n) is 3.46. The average molecular weight is 251 g/mol. The quantitative estimate of drug-likeness (QED) is 0.647. The topological polar surface area (TPSA) is 93.4 Å². The second-order valence-corrected chi connectivity index (χ2v) is 3.46. The van der Waals surface area contributed by atoms with Crippen molar-refractivity contribution in [3.05, 3.63) is 24.3 Å². The zero-order valence-corrected chi connectivity index (χ0v) is 10.2. The van der Waals surface area contributed by atoms with Crippen molar-refractivity contribution in [2.24, 2.45) is 5.73 Å². The summed E-state index contributed by atoms with van der Waals surface area (Å²) in [7, 11) is 0. The minimum absolute atomic E-state index is 0.269. The number of rotatable bonds is 5. The third-order valence-electron chi connectivity index (χ3n) is 2.04. The lowest BCUT2D eigenvalue weighted by atomic mass is 10.3. The van der Waals surface area contributed by atoms with Gasteiger partial charge in [-0.25, -0.2) is 0 Å². The molecule has 0 fully saturated rings. The summed E-state index contributed by atoms with van der Waals surface area (Å²) in [6, 6.07) is 6.83. The van der Waals surface area contributed by atoms with E-state index in [1.807, 2.05) is 6.92 Å². The first kappa shape index (κ1) is 14.0. The molecular weight excluding hydrogens is 234 g/mol. The minimum Gasteiger partial charge on any atom is -0.494 e. The first-order valence-electron chi connectivity index (χ1n) is 5.69. The number of benzene rings is 1. The van der Waals surface area contributed by atoms with Gasteiger partial charge in [0, 0.05) is 24.8 Å². The van der Waals surface area contributed by atoms with Crippen LogP contribution >= 0.6 is 0 Å². The maximum atomic E-state index is 11.5. The lowest BCUT2D eigenvalue weighted by Crippen LogP contribution is -2.37. The molecule has 0 bridgehead atoms. The van der Waals surface area contributed by atoms with Gasteiger partial charge in [-0.3, -0.25) is 9.59 Å². The molecule has 6 nitrogen and oxygen atoms in total. The molecule has 2 amide bonds. The van der Waals surface area contributed by atoms with E-state index in [2.05, 4.69) is 10.6 Å². The minimum atomic E-state index is -0.725. The highest BCUT2D eigenvalue weighted by atomic mass is 16.5. The number of ether oxygens (including phenoxy) is 1. The van der Waals surface area contributed by atoms with Gasteiger partial charge in [0.15, 0.2) is 0 Å². The van der Waals surface area contributed by atoms with Crippen LogP contribution < -0.4 is 21.1 Å². The fourth-order valence-corrected chi connectivity index (χ4v) is 1.28. The Morgan fingerprint density at radius 2 is 2.11 bits per heavy atom. The number of nitrogens with two attached hydrogens (primary N) is 1. The van der Waals surface area contributed by atoms with Gasteiger partial charge in [0.05, 0.1) is 6.61 Å². The van der Waals surface area contributed by atoms with Crippen LogP contribution in [0.1, 0.15) is 6.92 Å². The van der Waals surface area contributed by atoms with E-state index in [-0.39, 0.29) is 6.54 Å². The summed E-state index contributed by atoms with van der Waals surface area (Å²) in [4.78, 5) is 22.8. The Kier molecular flexibility index (Phi) is 5.66. The van der Waals surface area contributed by atoms with Gasteiger partial charge in [0.2, 0.25) is 0 Å². The average Bonchev–Trinajstić information content (AvgIpc) is 2.36. The van der Waals surface area contributed by atoms with Crippen molar-refractivity contribution in [1.82, 2.24) is 5.32 Å². The van der Waals surface area contributed by atoms with E-state index in [1.54, 1.807) is 24.3 Å². The molecule has 1 rings (SSSR count). The van der Waals surface area contributed by atoms with Crippen molar-refractivity contribution in [3.8, 4) is 5.75 Å². The van der Waals surface area contributed by atoms with Gasteiger partial charge in [0.1, 0.15) is 5.75 Å². The zero-order valence-electron chi connectivity index (χ0n) is 10.2. The van der Waals surface area contributed by atoms with E-state index in [4.69, 9.17) is 10.5 Å². The number of nitrogens with one attached hydrogen (secondary N) is 2. The van der Waals surface area contributed by atoms with Gasteiger partial charge in [-0.15, -0.1) is 0 Å². The number of hydrogen-bond acceptors (Lipinski definition) is 4. The molecule has 0 atom stereocenters. The third-order valence-corrected chi connectivity index (χ3v) is 2.04.